The fourth-order valence-corrected chi connectivity index (χ4v) is 2.43. The summed E-state index contributed by atoms with van der Waals surface area (Å²) in [6.45, 7) is 10.5. The van der Waals surface area contributed by atoms with Gasteiger partial charge in [0, 0.05) is 13.2 Å². The van der Waals surface area contributed by atoms with Crippen molar-refractivity contribution in [2.45, 2.75) is 46.5 Å². The molecule has 0 heterocycles. The average molecular weight is 277 g/mol. The van der Waals surface area contributed by atoms with Crippen LogP contribution in [0.25, 0.3) is 0 Å². The zero-order chi connectivity index (χ0) is 14.6. The first-order valence-corrected chi connectivity index (χ1v) is 8.10. The molecule has 1 rings (SSSR count). The Kier molecular flexibility index (Phi) is 9.35. The van der Waals surface area contributed by atoms with Crippen LogP contribution in [-0.4, -0.2) is 26.3 Å². The minimum atomic E-state index is 0.667. The maximum atomic E-state index is 5.65. The Morgan fingerprint density at radius 2 is 2.00 bits per heavy atom. The normalized spacial score (nSPS) is 12.6. The highest BCUT2D eigenvalue weighted by Crippen LogP contribution is 2.13. The van der Waals surface area contributed by atoms with Crippen LogP contribution < -0.4 is 5.32 Å². The van der Waals surface area contributed by atoms with Crippen molar-refractivity contribution in [1.29, 1.82) is 0 Å². The molecule has 0 aliphatic heterocycles. The van der Waals surface area contributed by atoms with Crippen LogP contribution in [0, 0.1) is 12.8 Å². The topological polar surface area (TPSA) is 21.3 Å². The molecule has 0 saturated heterocycles. The van der Waals surface area contributed by atoms with Crippen molar-refractivity contribution in [3.63, 3.8) is 0 Å². The SMILES string of the molecule is CCCNCC(CCOCCC)Cc1cccc(C)c1. The molecule has 0 amide bonds. The van der Waals surface area contributed by atoms with E-state index in [4.69, 9.17) is 4.74 Å². The van der Waals surface area contributed by atoms with Gasteiger partial charge >= 0.3 is 0 Å². The Bertz CT molecular complexity index is 351. The van der Waals surface area contributed by atoms with Gasteiger partial charge in [-0.15, -0.1) is 0 Å². The molecule has 1 aromatic rings. The first-order chi connectivity index (χ1) is 9.76. The summed E-state index contributed by atoms with van der Waals surface area (Å²) >= 11 is 0. The van der Waals surface area contributed by atoms with Crippen molar-refractivity contribution in [3.8, 4) is 0 Å². The maximum Gasteiger partial charge on any atom is 0.0469 e. The summed E-state index contributed by atoms with van der Waals surface area (Å²) in [7, 11) is 0. The van der Waals surface area contributed by atoms with E-state index in [-0.39, 0.29) is 0 Å². The number of hydrogen-bond donors (Lipinski definition) is 1. The molecule has 114 valence electrons. The third-order valence-electron chi connectivity index (χ3n) is 3.49. The van der Waals surface area contributed by atoms with Crippen molar-refractivity contribution < 1.29 is 4.74 Å². The molecule has 1 atom stereocenters. The molecular formula is C18H31NO. The van der Waals surface area contributed by atoms with Gasteiger partial charge in [0.25, 0.3) is 0 Å². The Labute approximate surface area is 124 Å². The highest BCUT2D eigenvalue weighted by atomic mass is 16.5. The summed E-state index contributed by atoms with van der Waals surface area (Å²) in [6.07, 6.45) is 4.60. The summed E-state index contributed by atoms with van der Waals surface area (Å²) in [4.78, 5) is 0. The minimum absolute atomic E-state index is 0.667. The van der Waals surface area contributed by atoms with E-state index >= 15 is 0 Å². The largest absolute Gasteiger partial charge is 0.381 e. The number of hydrogen-bond acceptors (Lipinski definition) is 2. The van der Waals surface area contributed by atoms with Crippen molar-refractivity contribution in [3.05, 3.63) is 35.4 Å². The molecule has 1 aromatic carbocycles. The van der Waals surface area contributed by atoms with Gasteiger partial charge in [-0.1, -0.05) is 43.7 Å². The molecule has 2 heteroatoms. The van der Waals surface area contributed by atoms with E-state index in [0.717, 1.165) is 45.6 Å². The number of ether oxygens (including phenoxy) is 1. The van der Waals surface area contributed by atoms with Crippen molar-refractivity contribution >= 4 is 0 Å². The van der Waals surface area contributed by atoms with E-state index < -0.39 is 0 Å². The summed E-state index contributed by atoms with van der Waals surface area (Å²) in [5.41, 5.74) is 2.80. The number of aryl methyl sites for hydroxylation is 1. The summed E-state index contributed by atoms with van der Waals surface area (Å²) in [5.74, 6) is 0.667. The molecular weight excluding hydrogens is 246 g/mol. The number of rotatable bonds is 11. The molecule has 1 unspecified atom stereocenters. The van der Waals surface area contributed by atoms with Crippen LogP contribution >= 0.6 is 0 Å². The molecule has 0 bridgehead atoms. The van der Waals surface area contributed by atoms with E-state index in [2.05, 4.69) is 50.4 Å². The third-order valence-corrected chi connectivity index (χ3v) is 3.49. The molecule has 1 N–H and O–H groups in total. The second-order valence-electron chi connectivity index (χ2n) is 5.66. The van der Waals surface area contributed by atoms with Gasteiger partial charge in [-0.2, -0.15) is 0 Å². The fourth-order valence-electron chi connectivity index (χ4n) is 2.43. The highest BCUT2D eigenvalue weighted by molar-refractivity contribution is 5.22. The van der Waals surface area contributed by atoms with Crippen molar-refractivity contribution in [2.24, 2.45) is 5.92 Å². The van der Waals surface area contributed by atoms with Gasteiger partial charge in [0.2, 0.25) is 0 Å². The van der Waals surface area contributed by atoms with E-state index in [9.17, 15) is 0 Å². The molecule has 0 aliphatic rings. The lowest BCUT2D eigenvalue weighted by molar-refractivity contribution is 0.120. The van der Waals surface area contributed by atoms with Gasteiger partial charge < -0.3 is 10.1 Å². The summed E-state index contributed by atoms with van der Waals surface area (Å²) < 4.78 is 5.65. The molecule has 0 spiro atoms. The van der Waals surface area contributed by atoms with Gasteiger partial charge in [0.05, 0.1) is 0 Å². The Morgan fingerprint density at radius 1 is 1.15 bits per heavy atom. The van der Waals surface area contributed by atoms with Gasteiger partial charge in [-0.05, 0) is 57.2 Å². The van der Waals surface area contributed by atoms with Crippen LogP contribution in [0.2, 0.25) is 0 Å². The Balaban J connectivity index is 2.43. The first kappa shape index (κ1) is 17.2. The molecule has 0 aromatic heterocycles. The lowest BCUT2D eigenvalue weighted by Crippen LogP contribution is -2.26. The first-order valence-electron chi connectivity index (χ1n) is 8.10. The van der Waals surface area contributed by atoms with Crippen molar-refractivity contribution in [1.82, 2.24) is 5.32 Å². The molecule has 0 radical (unpaired) electrons. The number of nitrogens with one attached hydrogen (secondary N) is 1. The van der Waals surface area contributed by atoms with Crippen LogP contribution in [0.15, 0.2) is 24.3 Å². The highest BCUT2D eigenvalue weighted by Gasteiger charge is 2.09. The molecule has 2 nitrogen and oxygen atoms in total. The van der Waals surface area contributed by atoms with Gasteiger partial charge in [0.1, 0.15) is 0 Å². The maximum absolute atomic E-state index is 5.65. The second-order valence-corrected chi connectivity index (χ2v) is 5.66. The fraction of sp³-hybridized carbons (Fsp3) is 0.667. The zero-order valence-electron chi connectivity index (χ0n) is 13.5. The van der Waals surface area contributed by atoms with E-state index in [0.29, 0.717) is 5.92 Å². The van der Waals surface area contributed by atoms with Gasteiger partial charge in [0.15, 0.2) is 0 Å². The second kappa shape index (κ2) is 10.9. The lowest BCUT2D eigenvalue weighted by atomic mass is 9.95. The summed E-state index contributed by atoms with van der Waals surface area (Å²) in [6, 6.07) is 8.87. The third kappa shape index (κ3) is 7.66. The Hall–Kier alpha value is -0.860. The molecule has 0 aliphatic carbocycles. The van der Waals surface area contributed by atoms with Crippen LogP contribution in [0.3, 0.4) is 0 Å². The predicted octanol–water partition coefficient (Wildman–Crippen LogP) is 3.97. The van der Waals surface area contributed by atoms with E-state index in [1.54, 1.807) is 0 Å². The average Bonchev–Trinajstić information content (AvgIpc) is 2.43. The van der Waals surface area contributed by atoms with Gasteiger partial charge in [-0.25, -0.2) is 0 Å². The molecule has 20 heavy (non-hydrogen) atoms. The standard InChI is InChI=1S/C18H31NO/c1-4-10-19-15-18(9-12-20-11-5-2)14-17-8-6-7-16(3)13-17/h6-8,13,18-19H,4-5,9-12,14-15H2,1-3H3. The monoisotopic (exact) mass is 277 g/mol. The molecule has 0 saturated carbocycles. The predicted molar refractivity (Wildman–Crippen MR) is 87.3 cm³/mol. The van der Waals surface area contributed by atoms with E-state index in [1.807, 2.05) is 0 Å². The van der Waals surface area contributed by atoms with Crippen LogP contribution in [0.4, 0.5) is 0 Å². The summed E-state index contributed by atoms with van der Waals surface area (Å²) in [5, 5.41) is 3.56. The smallest absolute Gasteiger partial charge is 0.0469 e. The van der Waals surface area contributed by atoms with Crippen LogP contribution in [0.5, 0.6) is 0 Å². The van der Waals surface area contributed by atoms with Crippen molar-refractivity contribution in [2.75, 3.05) is 26.3 Å². The Morgan fingerprint density at radius 3 is 2.70 bits per heavy atom. The molecule has 0 fully saturated rings. The van der Waals surface area contributed by atoms with Crippen LogP contribution in [-0.2, 0) is 11.2 Å². The zero-order valence-corrected chi connectivity index (χ0v) is 13.5. The van der Waals surface area contributed by atoms with E-state index in [1.165, 1.54) is 17.5 Å². The minimum Gasteiger partial charge on any atom is -0.381 e. The number of benzene rings is 1. The van der Waals surface area contributed by atoms with Crippen LogP contribution in [0.1, 0.15) is 44.2 Å². The quantitative estimate of drug-likeness (QED) is 0.618. The van der Waals surface area contributed by atoms with Gasteiger partial charge in [-0.3, -0.25) is 0 Å². The lowest BCUT2D eigenvalue weighted by Gasteiger charge is -2.18.